The van der Waals surface area contributed by atoms with Crippen molar-refractivity contribution in [2.75, 3.05) is 25.0 Å². The highest BCUT2D eigenvalue weighted by atomic mass is 32.2. The Labute approximate surface area is 184 Å². The topological polar surface area (TPSA) is 69.7 Å². The fraction of sp³-hybridized carbons (Fsp3) is 0.435. The summed E-state index contributed by atoms with van der Waals surface area (Å²) in [6.07, 6.45) is 1.98. The highest BCUT2D eigenvalue weighted by Crippen LogP contribution is 2.34. The highest BCUT2D eigenvalue weighted by Gasteiger charge is 2.34. The summed E-state index contributed by atoms with van der Waals surface area (Å²) >= 11 is 0. The third kappa shape index (κ3) is 5.50. The third-order valence-corrected chi connectivity index (χ3v) is 7.74. The Hall–Kier alpha value is -2.29. The molecule has 0 aliphatic heterocycles. The monoisotopic (exact) mass is 447 g/mol. The number of hydrogen-bond acceptors (Lipinski definition) is 4. The van der Waals surface area contributed by atoms with E-state index in [1.807, 2.05) is 11.8 Å². The summed E-state index contributed by atoms with van der Waals surface area (Å²) in [4.78, 5) is 14.9. The fourth-order valence-corrected chi connectivity index (χ4v) is 5.23. The number of carbonyl (C=O) groups is 1. The van der Waals surface area contributed by atoms with E-state index in [2.05, 4.69) is 5.32 Å². The number of halogens is 1. The molecular weight excluding hydrogens is 417 g/mol. The molecule has 1 aliphatic rings. The van der Waals surface area contributed by atoms with Crippen molar-refractivity contribution in [3.8, 4) is 0 Å². The van der Waals surface area contributed by atoms with Crippen LogP contribution in [0.3, 0.4) is 0 Å². The van der Waals surface area contributed by atoms with Crippen molar-refractivity contribution in [1.29, 1.82) is 0 Å². The van der Waals surface area contributed by atoms with Gasteiger partial charge in [-0.3, -0.25) is 9.69 Å². The summed E-state index contributed by atoms with van der Waals surface area (Å²) in [7, 11) is -3.54. The molecule has 1 atom stereocenters. The van der Waals surface area contributed by atoms with Crippen LogP contribution < -0.4 is 5.32 Å². The summed E-state index contributed by atoms with van der Waals surface area (Å²) in [5, 5.41) is 2.83. The molecule has 2 aromatic carbocycles. The lowest BCUT2D eigenvalue weighted by molar-refractivity contribution is -0.118. The van der Waals surface area contributed by atoms with Gasteiger partial charge in [-0.05, 0) is 50.1 Å². The Morgan fingerprint density at radius 2 is 1.71 bits per heavy atom. The van der Waals surface area contributed by atoms with Crippen LogP contribution in [-0.2, 0) is 14.8 Å². The number of nitrogens with zero attached hydrogens (tertiary/aromatic N) is 2. The molecule has 6 nitrogen and oxygen atoms in total. The van der Waals surface area contributed by atoms with Gasteiger partial charge in [-0.1, -0.05) is 32.0 Å². The zero-order chi connectivity index (χ0) is 22.6. The van der Waals surface area contributed by atoms with E-state index in [1.54, 1.807) is 44.2 Å². The molecule has 0 bridgehead atoms. The molecule has 1 N–H and O–H groups in total. The van der Waals surface area contributed by atoms with Gasteiger partial charge in [0.25, 0.3) is 0 Å². The summed E-state index contributed by atoms with van der Waals surface area (Å²) < 4.78 is 40.8. The minimum absolute atomic E-state index is 0.139. The Bertz CT molecular complexity index is 1000. The minimum atomic E-state index is -3.54. The van der Waals surface area contributed by atoms with Crippen LogP contribution in [0.4, 0.5) is 10.1 Å². The highest BCUT2D eigenvalue weighted by molar-refractivity contribution is 7.89. The Kier molecular flexibility index (Phi) is 7.46. The van der Waals surface area contributed by atoms with Gasteiger partial charge < -0.3 is 5.32 Å². The molecule has 31 heavy (non-hydrogen) atoms. The number of amides is 1. The summed E-state index contributed by atoms with van der Waals surface area (Å²) in [5.74, 6) is -0.486. The second-order valence-corrected chi connectivity index (χ2v) is 9.70. The smallest absolute Gasteiger partial charge is 0.243 e. The van der Waals surface area contributed by atoms with Gasteiger partial charge >= 0.3 is 0 Å². The number of sulfonamides is 1. The Morgan fingerprint density at radius 3 is 2.26 bits per heavy atom. The molecule has 1 aliphatic carbocycles. The summed E-state index contributed by atoms with van der Waals surface area (Å²) in [5.41, 5.74) is 1.10. The van der Waals surface area contributed by atoms with Crippen LogP contribution in [0.25, 0.3) is 0 Å². The van der Waals surface area contributed by atoms with Crippen molar-refractivity contribution in [3.05, 3.63) is 59.9 Å². The minimum Gasteiger partial charge on any atom is -0.325 e. The molecule has 0 radical (unpaired) electrons. The average Bonchev–Trinajstić information content (AvgIpc) is 3.58. The van der Waals surface area contributed by atoms with Crippen LogP contribution in [0.2, 0.25) is 0 Å². The SMILES string of the molecule is CCN(CC)S(=O)(=O)c1ccc(NC(=O)CN(C2CC2)C(C)c2ccccc2F)cc1. The molecule has 1 unspecified atom stereocenters. The number of benzene rings is 2. The first kappa shape index (κ1) is 23.4. The van der Waals surface area contributed by atoms with Crippen molar-refractivity contribution in [3.63, 3.8) is 0 Å². The lowest BCUT2D eigenvalue weighted by Gasteiger charge is -2.29. The van der Waals surface area contributed by atoms with Crippen LogP contribution in [0, 0.1) is 5.82 Å². The van der Waals surface area contributed by atoms with Gasteiger partial charge in [0.2, 0.25) is 15.9 Å². The predicted molar refractivity (Wildman–Crippen MR) is 120 cm³/mol. The fourth-order valence-electron chi connectivity index (χ4n) is 3.77. The van der Waals surface area contributed by atoms with Gasteiger partial charge in [0, 0.05) is 36.4 Å². The zero-order valence-corrected chi connectivity index (χ0v) is 19.0. The van der Waals surface area contributed by atoms with Crippen LogP contribution in [0.15, 0.2) is 53.4 Å². The second kappa shape index (κ2) is 9.89. The van der Waals surface area contributed by atoms with Crippen LogP contribution >= 0.6 is 0 Å². The average molecular weight is 448 g/mol. The lowest BCUT2D eigenvalue weighted by Crippen LogP contribution is -2.37. The van der Waals surface area contributed by atoms with Gasteiger partial charge in [0.05, 0.1) is 11.4 Å². The molecule has 0 aromatic heterocycles. The molecule has 8 heteroatoms. The van der Waals surface area contributed by atoms with E-state index in [0.717, 1.165) is 12.8 Å². The van der Waals surface area contributed by atoms with E-state index >= 15 is 0 Å². The maximum atomic E-state index is 14.2. The molecule has 0 heterocycles. The Balaban J connectivity index is 1.67. The van der Waals surface area contributed by atoms with E-state index in [4.69, 9.17) is 0 Å². The first-order valence-corrected chi connectivity index (χ1v) is 12.1. The first-order valence-electron chi connectivity index (χ1n) is 10.7. The molecule has 0 saturated heterocycles. The lowest BCUT2D eigenvalue weighted by atomic mass is 10.1. The van der Waals surface area contributed by atoms with Crippen LogP contribution in [0.5, 0.6) is 0 Å². The van der Waals surface area contributed by atoms with Gasteiger partial charge in [-0.15, -0.1) is 0 Å². The summed E-state index contributed by atoms with van der Waals surface area (Å²) in [6.45, 7) is 6.44. The van der Waals surface area contributed by atoms with Crippen LogP contribution in [0.1, 0.15) is 45.2 Å². The van der Waals surface area contributed by atoms with E-state index in [-0.39, 0.29) is 35.2 Å². The van der Waals surface area contributed by atoms with Crippen LogP contribution in [-0.4, -0.2) is 49.2 Å². The number of rotatable bonds is 10. The number of anilines is 1. The Morgan fingerprint density at radius 1 is 1.10 bits per heavy atom. The maximum absolute atomic E-state index is 14.2. The standard InChI is InChI=1S/C23H30FN3O3S/c1-4-26(5-2)31(29,30)20-14-10-18(11-15-20)25-23(28)16-27(19-12-13-19)17(3)21-8-6-7-9-22(21)24/h6-11,14-15,17,19H,4-5,12-13,16H2,1-3H3,(H,25,28). The normalized spacial score (nSPS) is 15.3. The van der Waals surface area contributed by atoms with Crippen molar-refractivity contribution in [1.82, 2.24) is 9.21 Å². The van der Waals surface area contributed by atoms with Gasteiger partial charge in [-0.25, -0.2) is 12.8 Å². The van der Waals surface area contributed by atoms with Gasteiger partial charge in [0.1, 0.15) is 5.82 Å². The zero-order valence-electron chi connectivity index (χ0n) is 18.2. The number of carbonyl (C=O) groups excluding carboxylic acids is 1. The molecule has 1 amide bonds. The van der Waals surface area contributed by atoms with E-state index in [9.17, 15) is 17.6 Å². The molecule has 3 rings (SSSR count). The first-order chi connectivity index (χ1) is 14.8. The number of nitrogens with one attached hydrogen (secondary N) is 1. The number of hydrogen-bond donors (Lipinski definition) is 1. The molecule has 168 valence electrons. The van der Waals surface area contributed by atoms with Gasteiger partial charge in [-0.2, -0.15) is 4.31 Å². The maximum Gasteiger partial charge on any atom is 0.243 e. The molecule has 1 saturated carbocycles. The van der Waals surface area contributed by atoms with E-state index in [1.165, 1.54) is 22.5 Å². The van der Waals surface area contributed by atoms with Crippen molar-refractivity contribution in [2.24, 2.45) is 0 Å². The second-order valence-electron chi connectivity index (χ2n) is 7.76. The largest absolute Gasteiger partial charge is 0.325 e. The van der Waals surface area contributed by atoms with Crippen molar-refractivity contribution in [2.45, 2.75) is 50.6 Å². The molecule has 1 fully saturated rings. The van der Waals surface area contributed by atoms with E-state index < -0.39 is 10.0 Å². The van der Waals surface area contributed by atoms with Gasteiger partial charge in [0.15, 0.2) is 0 Å². The quantitative estimate of drug-likeness (QED) is 0.597. The predicted octanol–water partition coefficient (Wildman–Crippen LogP) is 4.02. The molecule has 0 spiro atoms. The van der Waals surface area contributed by atoms with E-state index in [0.29, 0.717) is 24.3 Å². The summed E-state index contributed by atoms with van der Waals surface area (Å²) in [6, 6.07) is 12.9. The third-order valence-electron chi connectivity index (χ3n) is 5.68. The molecular formula is C23H30FN3O3S. The molecule has 2 aromatic rings. The van der Waals surface area contributed by atoms with Crippen molar-refractivity contribution < 1.29 is 17.6 Å². The van der Waals surface area contributed by atoms with Crippen molar-refractivity contribution >= 4 is 21.6 Å².